The molecule has 0 bridgehead atoms. The Morgan fingerprint density at radius 3 is 2.58 bits per heavy atom. The number of halogens is 2. The Balaban J connectivity index is 2.05. The summed E-state index contributed by atoms with van der Waals surface area (Å²) in [5, 5.41) is 18.7. The number of amides is 1. The Hall–Kier alpha value is -1.40. The van der Waals surface area contributed by atoms with Crippen LogP contribution in [0.4, 0.5) is 0 Å². The molecule has 1 aliphatic rings. The molecule has 2 rings (SSSR count). The highest BCUT2D eigenvalue weighted by atomic mass is 35.5. The standard InChI is InChI=1S/C11H11Cl2N3O3/c12-7-4-6(8(13)16-15-7)9(17)14-5-11(10(18)19)2-1-3-11/h4H,1-3,5H2,(H,14,17)(H,18,19). The molecule has 8 heteroatoms. The second-order valence-electron chi connectivity index (χ2n) is 4.49. The highest BCUT2D eigenvalue weighted by molar-refractivity contribution is 6.34. The first-order valence-corrected chi connectivity index (χ1v) is 6.40. The zero-order valence-electron chi connectivity index (χ0n) is 9.82. The Kier molecular flexibility index (Phi) is 3.91. The number of rotatable bonds is 4. The SMILES string of the molecule is O=C(NCC1(C(=O)O)CCC1)c1cc(Cl)nnc1Cl. The van der Waals surface area contributed by atoms with Crippen molar-refractivity contribution in [2.45, 2.75) is 19.3 Å². The van der Waals surface area contributed by atoms with Gasteiger partial charge in [-0.1, -0.05) is 29.6 Å². The van der Waals surface area contributed by atoms with Crippen molar-refractivity contribution in [1.29, 1.82) is 0 Å². The van der Waals surface area contributed by atoms with Gasteiger partial charge in [-0.2, -0.15) is 0 Å². The van der Waals surface area contributed by atoms with Crippen molar-refractivity contribution in [2.75, 3.05) is 6.54 Å². The van der Waals surface area contributed by atoms with Crippen LogP contribution in [-0.2, 0) is 4.79 Å². The first-order valence-electron chi connectivity index (χ1n) is 5.65. The van der Waals surface area contributed by atoms with E-state index in [2.05, 4.69) is 15.5 Å². The van der Waals surface area contributed by atoms with Crippen molar-refractivity contribution in [2.24, 2.45) is 5.41 Å². The van der Waals surface area contributed by atoms with Crippen LogP contribution in [0.2, 0.25) is 10.3 Å². The number of carbonyl (C=O) groups is 2. The summed E-state index contributed by atoms with van der Waals surface area (Å²) in [6.45, 7) is 0.0669. The molecule has 0 aromatic carbocycles. The molecule has 0 radical (unpaired) electrons. The second-order valence-corrected chi connectivity index (χ2v) is 5.24. The van der Waals surface area contributed by atoms with Gasteiger partial charge < -0.3 is 10.4 Å². The van der Waals surface area contributed by atoms with Crippen LogP contribution < -0.4 is 5.32 Å². The van der Waals surface area contributed by atoms with E-state index in [0.29, 0.717) is 12.8 Å². The number of carboxylic acids is 1. The minimum atomic E-state index is -0.893. The van der Waals surface area contributed by atoms with Gasteiger partial charge in [0.25, 0.3) is 5.91 Å². The summed E-state index contributed by atoms with van der Waals surface area (Å²) in [4.78, 5) is 23.1. The summed E-state index contributed by atoms with van der Waals surface area (Å²) in [6, 6.07) is 1.29. The maximum atomic E-state index is 11.9. The lowest BCUT2D eigenvalue weighted by atomic mass is 9.69. The van der Waals surface area contributed by atoms with Gasteiger partial charge >= 0.3 is 5.97 Å². The van der Waals surface area contributed by atoms with E-state index in [0.717, 1.165) is 6.42 Å². The third-order valence-electron chi connectivity index (χ3n) is 3.32. The molecule has 6 nitrogen and oxygen atoms in total. The molecule has 0 spiro atoms. The number of aliphatic carboxylic acids is 1. The molecule has 1 saturated carbocycles. The number of hydrogen-bond donors (Lipinski definition) is 2. The Labute approximate surface area is 119 Å². The lowest BCUT2D eigenvalue weighted by Gasteiger charge is -2.37. The molecule has 0 unspecified atom stereocenters. The Bertz CT molecular complexity index is 532. The summed E-state index contributed by atoms with van der Waals surface area (Å²) in [6.07, 6.45) is 1.98. The smallest absolute Gasteiger partial charge is 0.311 e. The zero-order valence-corrected chi connectivity index (χ0v) is 11.3. The third kappa shape index (κ3) is 2.79. The predicted molar refractivity (Wildman–Crippen MR) is 68.3 cm³/mol. The van der Waals surface area contributed by atoms with E-state index in [-0.39, 0.29) is 22.4 Å². The molecule has 1 aromatic rings. The molecule has 1 aliphatic carbocycles. The van der Waals surface area contributed by atoms with Crippen LogP contribution in [0.5, 0.6) is 0 Å². The van der Waals surface area contributed by atoms with E-state index >= 15 is 0 Å². The van der Waals surface area contributed by atoms with Crippen LogP contribution in [0.15, 0.2) is 6.07 Å². The van der Waals surface area contributed by atoms with Crippen LogP contribution >= 0.6 is 23.2 Å². The largest absolute Gasteiger partial charge is 0.481 e. The van der Waals surface area contributed by atoms with E-state index in [9.17, 15) is 9.59 Å². The molecule has 102 valence electrons. The van der Waals surface area contributed by atoms with E-state index in [4.69, 9.17) is 28.3 Å². The van der Waals surface area contributed by atoms with Gasteiger partial charge in [-0.3, -0.25) is 9.59 Å². The number of nitrogens with zero attached hydrogens (tertiary/aromatic N) is 2. The van der Waals surface area contributed by atoms with Gasteiger partial charge in [-0.15, -0.1) is 10.2 Å². The summed E-state index contributed by atoms with van der Waals surface area (Å²) >= 11 is 11.4. The summed E-state index contributed by atoms with van der Waals surface area (Å²) in [5.41, 5.74) is -0.770. The topological polar surface area (TPSA) is 92.2 Å². The molecule has 1 heterocycles. The average molecular weight is 304 g/mol. The van der Waals surface area contributed by atoms with Crippen molar-refractivity contribution < 1.29 is 14.7 Å². The number of hydrogen-bond acceptors (Lipinski definition) is 4. The summed E-state index contributed by atoms with van der Waals surface area (Å²) in [7, 11) is 0. The van der Waals surface area contributed by atoms with Gasteiger partial charge in [0.05, 0.1) is 11.0 Å². The van der Waals surface area contributed by atoms with Crippen LogP contribution in [0, 0.1) is 5.41 Å². The van der Waals surface area contributed by atoms with Gasteiger partial charge in [-0.25, -0.2) is 0 Å². The van der Waals surface area contributed by atoms with E-state index in [1.165, 1.54) is 6.07 Å². The fraction of sp³-hybridized carbons (Fsp3) is 0.455. The first kappa shape index (κ1) is 14.0. The number of nitrogens with one attached hydrogen (secondary N) is 1. The van der Waals surface area contributed by atoms with E-state index in [1.807, 2.05) is 0 Å². The maximum Gasteiger partial charge on any atom is 0.311 e. The molecular weight excluding hydrogens is 293 g/mol. The van der Waals surface area contributed by atoms with Crippen molar-refractivity contribution in [1.82, 2.24) is 15.5 Å². The van der Waals surface area contributed by atoms with E-state index < -0.39 is 17.3 Å². The molecule has 0 aliphatic heterocycles. The summed E-state index contributed by atoms with van der Waals surface area (Å²) < 4.78 is 0. The molecule has 0 atom stereocenters. The molecule has 1 amide bonds. The zero-order chi connectivity index (χ0) is 14.0. The fourth-order valence-corrected chi connectivity index (χ4v) is 2.25. The van der Waals surface area contributed by atoms with Crippen LogP contribution in [0.3, 0.4) is 0 Å². The third-order valence-corrected chi connectivity index (χ3v) is 3.78. The van der Waals surface area contributed by atoms with Crippen LogP contribution in [0.1, 0.15) is 29.6 Å². The molecular formula is C11H11Cl2N3O3. The minimum Gasteiger partial charge on any atom is -0.481 e. The molecule has 0 saturated heterocycles. The molecule has 1 aromatic heterocycles. The van der Waals surface area contributed by atoms with Gasteiger partial charge in [0.2, 0.25) is 0 Å². The normalized spacial score (nSPS) is 16.5. The number of carbonyl (C=O) groups excluding carboxylic acids is 1. The lowest BCUT2D eigenvalue weighted by Crippen LogP contribution is -2.47. The highest BCUT2D eigenvalue weighted by Gasteiger charge is 2.44. The molecule has 19 heavy (non-hydrogen) atoms. The Morgan fingerprint density at radius 2 is 2.05 bits per heavy atom. The maximum absolute atomic E-state index is 11.9. The van der Waals surface area contributed by atoms with E-state index in [1.54, 1.807) is 0 Å². The minimum absolute atomic E-state index is 0.0474. The molecule has 1 fully saturated rings. The average Bonchev–Trinajstić information content (AvgIpc) is 2.30. The monoisotopic (exact) mass is 303 g/mol. The lowest BCUT2D eigenvalue weighted by molar-refractivity contribution is -0.153. The van der Waals surface area contributed by atoms with Gasteiger partial charge in [0, 0.05) is 6.54 Å². The van der Waals surface area contributed by atoms with Crippen molar-refractivity contribution in [3.05, 3.63) is 21.9 Å². The van der Waals surface area contributed by atoms with Gasteiger partial charge in [-0.05, 0) is 18.9 Å². The van der Waals surface area contributed by atoms with Crippen molar-refractivity contribution in [3.63, 3.8) is 0 Å². The quantitative estimate of drug-likeness (QED) is 0.884. The van der Waals surface area contributed by atoms with Crippen molar-refractivity contribution >= 4 is 35.1 Å². The van der Waals surface area contributed by atoms with Gasteiger partial charge in [0.1, 0.15) is 0 Å². The number of carboxylic acid groups (broad SMARTS) is 1. The second kappa shape index (κ2) is 5.30. The predicted octanol–water partition coefficient (Wildman–Crippen LogP) is 1.77. The number of aromatic nitrogens is 2. The van der Waals surface area contributed by atoms with Crippen LogP contribution in [0.25, 0.3) is 0 Å². The Morgan fingerprint density at radius 1 is 1.37 bits per heavy atom. The highest BCUT2D eigenvalue weighted by Crippen LogP contribution is 2.40. The first-order chi connectivity index (χ1) is 8.94. The van der Waals surface area contributed by atoms with Crippen LogP contribution in [-0.4, -0.2) is 33.7 Å². The van der Waals surface area contributed by atoms with Gasteiger partial charge in [0.15, 0.2) is 10.3 Å². The van der Waals surface area contributed by atoms with Crippen molar-refractivity contribution in [3.8, 4) is 0 Å². The fourth-order valence-electron chi connectivity index (χ4n) is 1.93. The summed E-state index contributed by atoms with van der Waals surface area (Å²) in [5.74, 6) is -1.40. The molecule has 2 N–H and O–H groups in total.